The van der Waals surface area contributed by atoms with Gasteiger partial charge >= 0.3 is 6.03 Å². The highest BCUT2D eigenvalue weighted by atomic mass is 32.1. The fourth-order valence-electron chi connectivity index (χ4n) is 3.32. The summed E-state index contributed by atoms with van der Waals surface area (Å²) < 4.78 is 42.7. The summed E-state index contributed by atoms with van der Waals surface area (Å²) in [6.07, 6.45) is 1.72. The molecule has 1 aromatic carbocycles. The zero-order valence-corrected chi connectivity index (χ0v) is 19.1. The molecule has 33 heavy (non-hydrogen) atoms. The van der Waals surface area contributed by atoms with Gasteiger partial charge in [0.1, 0.15) is 28.8 Å². The monoisotopic (exact) mass is 483 g/mol. The molecule has 0 unspecified atom stereocenters. The molecule has 1 aliphatic heterocycles. The molecule has 2 aromatic rings. The summed E-state index contributed by atoms with van der Waals surface area (Å²) in [5, 5.41) is 5.34. The maximum absolute atomic E-state index is 14.0. The molecule has 3 amide bonds. The van der Waals surface area contributed by atoms with Gasteiger partial charge in [-0.25, -0.2) is 13.6 Å². The van der Waals surface area contributed by atoms with Crippen LogP contribution in [0.25, 0.3) is 0 Å². The number of unbranched alkanes of at least 4 members (excludes halogenated alkanes) is 1. The van der Waals surface area contributed by atoms with Crippen LogP contribution in [0.2, 0.25) is 0 Å². The van der Waals surface area contributed by atoms with Crippen molar-refractivity contribution in [3.8, 4) is 5.88 Å². The minimum Gasteiger partial charge on any atom is -0.471 e. The van der Waals surface area contributed by atoms with Crippen LogP contribution in [0, 0.1) is 18.6 Å². The highest BCUT2D eigenvalue weighted by Crippen LogP contribution is 2.31. The van der Waals surface area contributed by atoms with Crippen molar-refractivity contribution < 1.29 is 27.8 Å². The fourth-order valence-corrected chi connectivity index (χ4v) is 4.05. The lowest BCUT2D eigenvalue weighted by molar-refractivity contribution is 0.0372. The fraction of sp³-hybridized carbons (Fsp3) is 0.476. The molecule has 0 spiro atoms. The molecule has 0 aliphatic carbocycles. The van der Waals surface area contributed by atoms with Gasteiger partial charge < -0.3 is 20.5 Å². The Hall–Kier alpha value is -2.83. The van der Waals surface area contributed by atoms with Gasteiger partial charge in [0.15, 0.2) is 0 Å². The number of halogens is 2. The number of nitrogens with two attached hydrogens (primary N) is 1. The van der Waals surface area contributed by atoms with Gasteiger partial charge in [0.2, 0.25) is 5.88 Å². The lowest BCUT2D eigenvalue weighted by atomic mass is 10.1. The van der Waals surface area contributed by atoms with Gasteiger partial charge in [-0.3, -0.25) is 15.0 Å². The minimum atomic E-state index is -0.885. The lowest BCUT2D eigenvalue weighted by Crippen LogP contribution is -2.37. The topological polar surface area (TPSA) is 119 Å². The maximum atomic E-state index is 14.0. The summed E-state index contributed by atoms with van der Waals surface area (Å²) in [6, 6.07) is 1.83. The second kappa shape index (κ2) is 11.9. The van der Waals surface area contributed by atoms with Crippen molar-refractivity contribution in [1.29, 1.82) is 0 Å². The second-order valence-corrected chi connectivity index (χ2v) is 8.37. The van der Waals surface area contributed by atoms with E-state index in [-0.39, 0.29) is 22.0 Å². The molecule has 1 aromatic heterocycles. The van der Waals surface area contributed by atoms with Gasteiger partial charge in [-0.1, -0.05) is 0 Å². The van der Waals surface area contributed by atoms with Crippen LogP contribution in [0.5, 0.6) is 5.88 Å². The molecular formula is C21H27F2N5O4S. The number of carbonyl (C=O) groups is 2. The number of aryl methyl sites for hydroxylation is 1. The van der Waals surface area contributed by atoms with E-state index in [4.69, 9.17) is 15.2 Å². The Kier molecular flexibility index (Phi) is 8.92. The number of hydrogen-bond donors (Lipinski definition) is 3. The van der Waals surface area contributed by atoms with Crippen LogP contribution in [-0.2, 0) is 11.3 Å². The zero-order valence-electron chi connectivity index (χ0n) is 18.3. The summed E-state index contributed by atoms with van der Waals surface area (Å²) in [4.78, 5) is 26.4. The molecule has 1 saturated heterocycles. The first-order valence-electron chi connectivity index (χ1n) is 10.6. The molecule has 1 aliphatic rings. The van der Waals surface area contributed by atoms with Gasteiger partial charge in [0, 0.05) is 19.6 Å². The van der Waals surface area contributed by atoms with E-state index in [0.717, 1.165) is 57.2 Å². The average molecular weight is 484 g/mol. The molecular weight excluding hydrogens is 456 g/mol. The number of primary amides is 1. The smallest absolute Gasteiger partial charge is 0.319 e. The minimum absolute atomic E-state index is 0.0909. The molecule has 0 bridgehead atoms. The number of nitrogens with one attached hydrogen (secondary N) is 2. The van der Waals surface area contributed by atoms with Crippen LogP contribution < -0.4 is 21.1 Å². The molecule has 1 fully saturated rings. The summed E-state index contributed by atoms with van der Waals surface area (Å²) in [6.45, 7) is 5.81. The molecule has 4 N–H and O–H groups in total. The van der Waals surface area contributed by atoms with Gasteiger partial charge in [-0.2, -0.15) is 4.37 Å². The van der Waals surface area contributed by atoms with E-state index in [9.17, 15) is 18.4 Å². The molecule has 12 heteroatoms. The Labute approximate surface area is 194 Å². The number of anilines is 1. The quantitative estimate of drug-likeness (QED) is 0.447. The Balaban J connectivity index is 1.50. The van der Waals surface area contributed by atoms with E-state index in [1.54, 1.807) is 6.92 Å². The number of benzene rings is 1. The summed E-state index contributed by atoms with van der Waals surface area (Å²) >= 11 is 0.788. The number of urea groups is 1. The third kappa shape index (κ3) is 7.07. The van der Waals surface area contributed by atoms with Crippen LogP contribution in [0.3, 0.4) is 0 Å². The molecule has 0 atom stereocenters. The van der Waals surface area contributed by atoms with E-state index in [1.165, 1.54) is 12.1 Å². The van der Waals surface area contributed by atoms with Gasteiger partial charge in [-0.15, -0.1) is 0 Å². The summed E-state index contributed by atoms with van der Waals surface area (Å²) in [7, 11) is 0. The normalized spacial score (nSPS) is 14.2. The van der Waals surface area contributed by atoms with Crippen molar-refractivity contribution in [3.05, 3.63) is 40.5 Å². The van der Waals surface area contributed by atoms with Crippen molar-refractivity contribution >= 4 is 28.5 Å². The van der Waals surface area contributed by atoms with E-state index >= 15 is 0 Å². The van der Waals surface area contributed by atoms with Crippen molar-refractivity contribution in [2.24, 2.45) is 5.73 Å². The van der Waals surface area contributed by atoms with E-state index in [2.05, 4.69) is 19.9 Å². The van der Waals surface area contributed by atoms with Crippen LogP contribution in [0.4, 0.5) is 18.6 Å². The SMILES string of the molecule is Cc1cc(F)c(COc2nsc(NC(=O)NCCCCN3CCOCC3)c2C(N)=O)c(F)c1. The molecule has 2 heterocycles. The highest BCUT2D eigenvalue weighted by Gasteiger charge is 2.23. The first-order chi connectivity index (χ1) is 15.8. The molecule has 180 valence electrons. The highest BCUT2D eigenvalue weighted by molar-refractivity contribution is 7.11. The standard InChI is InChI=1S/C21H27F2N5O4S/c1-13-10-15(22)14(16(23)11-13)12-32-19-17(18(24)29)20(33-27-19)26-21(30)25-4-2-3-5-28-6-8-31-9-7-28/h10-11H,2-9,12H2,1H3,(H2,24,29)(H2,25,26,30). The predicted octanol–water partition coefficient (Wildman–Crippen LogP) is 2.64. The Bertz CT molecular complexity index is 959. The number of aromatic nitrogens is 1. The number of carbonyl (C=O) groups excluding carboxylic acids is 2. The van der Waals surface area contributed by atoms with Crippen LogP contribution >= 0.6 is 11.5 Å². The third-order valence-corrected chi connectivity index (χ3v) is 5.81. The lowest BCUT2D eigenvalue weighted by Gasteiger charge is -2.26. The molecule has 0 radical (unpaired) electrons. The van der Waals surface area contributed by atoms with Gasteiger partial charge in [-0.05, 0) is 55.5 Å². The first kappa shape index (κ1) is 24.8. The maximum Gasteiger partial charge on any atom is 0.319 e. The number of nitrogens with zero attached hydrogens (tertiary/aromatic N) is 2. The summed E-state index contributed by atoms with van der Waals surface area (Å²) in [5.41, 5.74) is 5.38. The number of rotatable bonds is 10. The predicted molar refractivity (Wildman–Crippen MR) is 120 cm³/mol. The number of hydrogen-bond acceptors (Lipinski definition) is 7. The first-order valence-corrected chi connectivity index (χ1v) is 11.3. The molecule has 0 saturated carbocycles. The Morgan fingerprint density at radius 1 is 1.24 bits per heavy atom. The summed E-state index contributed by atoms with van der Waals surface area (Å²) in [5.74, 6) is -2.62. The Morgan fingerprint density at radius 3 is 2.61 bits per heavy atom. The van der Waals surface area contributed by atoms with Gasteiger partial charge in [0.25, 0.3) is 5.91 Å². The third-order valence-electron chi connectivity index (χ3n) is 5.06. The van der Waals surface area contributed by atoms with Crippen LogP contribution in [0.15, 0.2) is 12.1 Å². The van der Waals surface area contributed by atoms with Crippen molar-refractivity contribution in [1.82, 2.24) is 14.6 Å². The van der Waals surface area contributed by atoms with Gasteiger partial charge in [0.05, 0.1) is 18.8 Å². The second-order valence-electron chi connectivity index (χ2n) is 7.59. The van der Waals surface area contributed by atoms with Crippen LogP contribution in [0.1, 0.15) is 34.3 Å². The van der Waals surface area contributed by atoms with Crippen molar-refractivity contribution in [2.45, 2.75) is 26.4 Å². The molecule has 3 rings (SSSR count). The number of morpholine rings is 1. The van der Waals surface area contributed by atoms with Crippen molar-refractivity contribution in [3.63, 3.8) is 0 Å². The largest absolute Gasteiger partial charge is 0.471 e. The van der Waals surface area contributed by atoms with E-state index in [1.807, 2.05) is 0 Å². The zero-order chi connectivity index (χ0) is 23.8. The van der Waals surface area contributed by atoms with Crippen molar-refractivity contribution in [2.75, 3.05) is 44.7 Å². The Morgan fingerprint density at radius 2 is 1.94 bits per heavy atom. The number of ether oxygens (including phenoxy) is 2. The van der Waals surface area contributed by atoms with E-state index < -0.39 is 30.2 Å². The average Bonchev–Trinajstić information content (AvgIpc) is 3.16. The van der Waals surface area contributed by atoms with E-state index in [0.29, 0.717) is 12.1 Å². The number of amides is 3. The molecule has 9 nitrogen and oxygen atoms in total. The van der Waals surface area contributed by atoms with Crippen LogP contribution in [-0.4, -0.2) is 60.6 Å².